The molecule has 2 nitrogen and oxygen atoms in total. The van der Waals surface area contributed by atoms with Gasteiger partial charge in [-0.2, -0.15) is 0 Å². The first-order valence-corrected chi connectivity index (χ1v) is 7.65. The summed E-state index contributed by atoms with van der Waals surface area (Å²) in [7, 11) is 0. The molecule has 1 aliphatic heterocycles. The summed E-state index contributed by atoms with van der Waals surface area (Å²) in [6.07, 6.45) is 1.49. The molecular weight excluding hydrogens is 253 g/mol. The number of aliphatic hydroxyl groups excluding tert-OH is 1. The van der Waals surface area contributed by atoms with E-state index in [1.807, 2.05) is 0 Å². The predicted octanol–water partition coefficient (Wildman–Crippen LogP) is 3.62. The van der Waals surface area contributed by atoms with Crippen molar-refractivity contribution in [2.45, 2.75) is 45.8 Å². The largest absolute Gasteiger partial charge is 0.388 e. The van der Waals surface area contributed by atoms with Gasteiger partial charge in [-0.3, -0.25) is 0 Å². The van der Waals surface area contributed by atoms with Crippen LogP contribution in [0.3, 0.4) is 0 Å². The summed E-state index contributed by atoms with van der Waals surface area (Å²) in [4.78, 5) is 2.48. The monoisotopic (exact) mass is 279 g/mol. The van der Waals surface area contributed by atoms with Crippen molar-refractivity contribution in [2.24, 2.45) is 11.8 Å². The number of hydrogen-bond donors (Lipinski definition) is 1. The van der Waals surface area contributed by atoms with Crippen LogP contribution in [0.15, 0.2) is 24.3 Å². The van der Waals surface area contributed by atoms with Crippen molar-refractivity contribution < 1.29 is 9.50 Å². The third-order valence-electron chi connectivity index (χ3n) is 4.66. The van der Waals surface area contributed by atoms with Crippen molar-refractivity contribution in [1.29, 1.82) is 0 Å². The number of likely N-dealkylation sites (tertiary alicyclic amines) is 1. The molecule has 1 aromatic carbocycles. The third kappa shape index (κ3) is 3.80. The van der Waals surface area contributed by atoms with Crippen LogP contribution in [0.4, 0.5) is 4.39 Å². The molecule has 0 spiro atoms. The van der Waals surface area contributed by atoms with Crippen LogP contribution in [0.2, 0.25) is 0 Å². The molecule has 2 rings (SSSR count). The molecule has 0 aliphatic carbocycles. The Kier molecular flexibility index (Phi) is 5.17. The summed E-state index contributed by atoms with van der Waals surface area (Å²) in [5.41, 5.74) is 0.803. The van der Waals surface area contributed by atoms with Gasteiger partial charge in [-0.15, -0.1) is 0 Å². The first kappa shape index (κ1) is 15.5. The molecule has 1 aromatic rings. The summed E-state index contributed by atoms with van der Waals surface area (Å²) >= 11 is 0. The lowest BCUT2D eigenvalue weighted by Gasteiger charge is -2.41. The summed E-state index contributed by atoms with van der Waals surface area (Å²) in [6.45, 7) is 8.90. The van der Waals surface area contributed by atoms with Crippen LogP contribution < -0.4 is 0 Å². The maximum absolute atomic E-state index is 12.9. The second-order valence-corrected chi connectivity index (χ2v) is 6.41. The summed E-state index contributed by atoms with van der Waals surface area (Å²) in [5.74, 6) is 1.18. The van der Waals surface area contributed by atoms with E-state index >= 15 is 0 Å². The van der Waals surface area contributed by atoms with E-state index in [2.05, 4.69) is 25.7 Å². The smallest absolute Gasteiger partial charge is 0.123 e. The van der Waals surface area contributed by atoms with E-state index in [4.69, 9.17) is 0 Å². The van der Waals surface area contributed by atoms with E-state index in [1.165, 1.54) is 18.6 Å². The zero-order valence-electron chi connectivity index (χ0n) is 12.7. The minimum atomic E-state index is -0.504. The van der Waals surface area contributed by atoms with Crippen molar-refractivity contribution in [2.75, 3.05) is 13.1 Å². The fraction of sp³-hybridized carbons (Fsp3) is 0.647. The number of rotatable bonds is 4. The van der Waals surface area contributed by atoms with Gasteiger partial charge >= 0.3 is 0 Å². The van der Waals surface area contributed by atoms with Gasteiger partial charge in [-0.05, 0) is 49.3 Å². The van der Waals surface area contributed by atoms with Crippen LogP contribution in [0.5, 0.6) is 0 Å². The molecule has 1 aliphatic rings. The Hall–Kier alpha value is -0.930. The molecular formula is C17H26FNO. The Bertz CT molecular complexity index is 420. The van der Waals surface area contributed by atoms with E-state index in [-0.39, 0.29) is 5.82 Å². The van der Waals surface area contributed by atoms with E-state index in [9.17, 15) is 9.50 Å². The van der Waals surface area contributed by atoms with Gasteiger partial charge in [-0.25, -0.2) is 4.39 Å². The van der Waals surface area contributed by atoms with Gasteiger partial charge in [0.15, 0.2) is 0 Å². The summed E-state index contributed by atoms with van der Waals surface area (Å²) in [5, 5.41) is 10.2. The Morgan fingerprint density at radius 1 is 1.25 bits per heavy atom. The molecule has 1 heterocycles. The van der Waals surface area contributed by atoms with Gasteiger partial charge in [-0.1, -0.05) is 26.0 Å². The van der Waals surface area contributed by atoms with Crippen molar-refractivity contribution >= 4 is 0 Å². The zero-order chi connectivity index (χ0) is 14.7. The third-order valence-corrected chi connectivity index (χ3v) is 4.66. The number of benzene rings is 1. The lowest BCUT2D eigenvalue weighted by molar-refractivity contribution is 0.0599. The molecule has 20 heavy (non-hydrogen) atoms. The van der Waals surface area contributed by atoms with Crippen LogP contribution >= 0.6 is 0 Å². The fourth-order valence-electron chi connectivity index (χ4n) is 3.27. The number of nitrogens with zero attached hydrogens (tertiary/aromatic N) is 1. The van der Waals surface area contributed by atoms with Gasteiger partial charge in [0.2, 0.25) is 0 Å². The van der Waals surface area contributed by atoms with Crippen molar-refractivity contribution in [3.8, 4) is 0 Å². The maximum Gasteiger partial charge on any atom is 0.123 e. The van der Waals surface area contributed by atoms with Crippen LogP contribution in [-0.4, -0.2) is 29.1 Å². The molecule has 1 fully saturated rings. The molecule has 0 radical (unpaired) electrons. The predicted molar refractivity (Wildman–Crippen MR) is 80.0 cm³/mol. The van der Waals surface area contributed by atoms with Gasteiger partial charge in [0.25, 0.3) is 0 Å². The van der Waals surface area contributed by atoms with Crippen LogP contribution in [0, 0.1) is 17.7 Å². The van der Waals surface area contributed by atoms with Gasteiger partial charge in [0.1, 0.15) is 5.82 Å². The highest BCUT2D eigenvalue weighted by molar-refractivity contribution is 5.18. The number of hydrogen-bond acceptors (Lipinski definition) is 2. The van der Waals surface area contributed by atoms with Crippen molar-refractivity contribution in [3.63, 3.8) is 0 Å². The van der Waals surface area contributed by atoms with Gasteiger partial charge in [0, 0.05) is 19.1 Å². The molecule has 0 amide bonds. The average Bonchev–Trinajstić information content (AvgIpc) is 2.41. The number of piperidine rings is 1. The highest BCUT2D eigenvalue weighted by Crippen LogP contribution is 2.28. The molecule has 112 valence electrons. The molecule has 0 aromatic heterocycles. The minimum Gasteiger partial charge on any atom is -0.388 e. The highest BCUT2D eigenvalue weighted by atomic mass is 19.1. The van der Waals surface area contributed by atoms with E-state index in [0.29, 0.717) is 18.4 Å². The first-order chi connectivity index (χ1) is 9.47. The Morgan fingerprint density at radius 3 is 2.55 bits per heavy atom. The molecule has 3 heteroatoms. The lowest BCUT2D eigenvalue weighted by atomic mass is 9.86. The Balaban J connectivity index is 1.89. The van der Waals surface area contributed by atoms with Gasteiger partial charge in [0.05, 0.1) is 6.10 Å². The van der Waals surface area contributed by atoms with E-state index in [1.54, 1.807) is 12.1 Å². The minimum absolute atomic E-state index is 0.256. The highest BCUT2D eigenvalue weighted by Gasteiger charge is 2.28. The Morgan fingerprint density at radius 2 is 1.90 bits per heavy atom. The molecule has 1 N–H and O–H groups in total. The lowest BCUT2D eigenvalue weighted by Crippen LogP contribution is -2.46. The molecule has 1 saturated heterocycles. The topological polar surface area (TPSA) is 23.5 Å². The quantitative estimate of drug-likeness (QED) is 0.910. The molecule has 0 bridgehead atoms. The normalized spacial score (nSPS) is 29.4. The van der Waals surface area contributed by atoms with E-state index in [0.717, 1.165) is 24.6 Å². The first-order valence-electron chi connectivity index (χ1n) is 7.65. The van der Waals surface area contributed by atoms with Crippen molar-refractivity contribution in [3.05, 3.63) is 35.6 Å². The maximum atomic E-state index is 12.9. The second-order valence-electron chi connectivity index (χ2n) is 6.41. The molecule has 0 saturated carbocycles. The fourth-order valence-corrected chi connectivity index (χ4v) is 3.27. The molecule has 4 atom stereocenters. The SMILES string of the molecule is CC1CC(C)C(C)N(CCC(O)c2ccc(F)cc2)C1. The van der Waals surface area contributed by atoms with Crippen molar-refractivity contribution in [1.82, 2.24) is 4.90 Å². The van der Waals surface area contributed by atoms with Crippen LogP contribution in [-0.2, 0) is 0 Å². The van der Waals surface area contributed by atoms with Gasteiger partial charge < -0.3 is 10.0 Å². The number of aliphatic hydroxyl groups is 1. The average molecular weight is 279 g/mol. The zero-order valence-corrected chi connectivity index (χ0v) is 12.7. The van der Waals surface area contributed by atoms with E-state index < -0.39 is 6.10 Å². The Labute approximate surface area is 121 Å². The number of halogens is 1. The van der Waals surface area contributed by atoms with Crippen LogP contribution in [0.1, 0.15) is 45.3 Å². The summed E-state index contributed by atoms with van der Waals surface area (Å²) < 4.78 is 12.9. The standard InChI is InChI=1S/C17H26FNO/c1-12-10-13(2)14(3)19(11-12)9-8-17(20)15-4-6-16(18)7-5-15/h4-7,12-14,17,20H,8-11H2,1-3H3. The summed E-state index contributed by atoms with van der Waals surface area (Å²) in [6, 6.07) is 6.74. The van der Waals surface area contributed by atoms with Crippen LogP contribution in [0.25, 0.3) is 0 Å². The molecule has 4 unspecified atom stereocenters. The second kappa shape index (κ2) is 6.68.